The van der Waals surface area contributed by atoms with Gasteiger partial charge in [0.1, 0.15) is 0 Å². The van der Waals surface area contributed by atoms with Crippen LogP contribution in [0.2, 0.25) is 104 Å². The number of imide groups is 2. The lowest BCUT2D eigenvalue weighted by molar-refractivity contribution is 0.0189. The largest absolute Gasteiger partial charge is 0.416 e. The monoisotopic (exact) mass is 1280 g/mol. The summed E-state index contributed by atoms with van der Waals surface area (Å²) in [5.41, 5.74) is 1.91. The first-order valence-corrected chi connectivity index (χ1v) is 52.0. The lowest BCUT2D eigenvalue weighted by Crippen LogP contribution is -2.65. The predicted octanol–water partition coefficient (Wildman–Crippen LogP) is 13.4. The average molecular weight is 1280 g/mol. The highest BCUT2D eigenvalue weighted by molar-refractivity contribution is 6.94. The molecule has 4 aliphatic heterocycles. The average Bonchev–Trinajstić information content (AvgIpc) is 0.796. The van der Waals surface area contributed by atoms with Gasteiger partial charge >= 0.3 is 68.5 Å². The first-order chi connectivity index (χ1) is 38.9. The van der Waals surface area contributed by atoms with Gasteiger partial charge in [-0.15, -0.1) is 0 Å². The number of hydrogen-bond donors (Lipinski definition) is 0. The van der Waals surface area contributed by atoms with Crippen molar-refractivity contribution in [1.82, 2.24) is 9.80 Å². The zero-order valence-corrected chi connectivity index (χ0v) is 59.9. The number of fused-ring (bicyclic) bond motifs is 2. The summed E-state index contributed by atoms with van der Waals surface area (Å²) in [7, 11) is -18.4. The number of nitrogens with zero attached hydrogens (tertiary/aromatic N) is 2. The number of methoxy groups -OCH3 is 1. The highest BCUT2D eigenvalue weighted by atomic mass is 28.5. The van der Waals surface area contributed by atoms with Crippen molar-refractivity contribution < 1.29 is 66.3 Å². The number of unbranched alkanes of at least 4 members (excludes halogenated alkanes) is 6. The minimum Gasteiger partial charge on any atom is -0.416 e. The van der Waals surface area contributed by atoms with Gasteiger partial charge in [0.25, 0.3) is 23.6 Å². The molecule has 17 nitrogen and oxygen atoms in total. The maximum absolute atomic E-state index is 15.2. The molecule has 9 rings (SSSR count). The van der Waals surface area contributed by atoms with E-state index in [0.717, 1.165) is 95.8 Å². The Kier molecular flexibility index (Phi) is 19.3. The summed E-state index contributed by atoms with van der Waals surface area (Å²) in [6.45, 7) is 31.4. The molecule has 25 heteroatoms. The van der Waals surface area contributed by atoms with Crippen LogP contribution < -0.4 is 0 Å². The molecule has 0 aromatic heterocycles. The van der Waals surface area contributed by atoms with Crippen LogP contribution in [0.5, 0.6) is 0 Å². The second-order valence-corrected chi connectivity index (χ2v) is 55.0. The van der Waals surface area contributed by atoms with E-state index in [9.17, 15) is 9.59 Å². The summed E-state index contributed by atoms with van der Waals surface area (Å²) >= 11 is 0. The molecule has 0 saturated carbocycles. The Hall–Kier alpha value is -3.02. The molecule has 83 heavy (non-hydrogen) atoms. The molecular weight excluding hydrogens is 1190 g/mol. The quantitative estimate of drug-likeness (QED) is 0.0187. The fourth-order valence-electron chi connectivity index (χ4n) is 14.1. The van der Waals surface area contributed by atoms with Gasteiger partial charge in [-0.1, -0.05) is 75.6 Å². The van der Waals surface area contributed by atoms with Crippen molar-refractivity contribution in [2.45, 2.75) is 174 Å². The number of carbonyl (C=O) groups is 4. The molecule has 0 atom stereocenters. The van der Waals surface area contributed by atoms with Gasteiger partial charge in [-0.25, -0.2) is 0 Å². The normalized spacial score (nSPS) is 21.5. The zero-order chi connectivity index (χ0) is 60.1. The number of amides is 4. The summed E-state index contributed by atoms with van der Waals surface area (Å²) in [5.74, 6) is -1.29. The molecule has 4 amide bonds. The Balaban J connectivity index is 0.932. The highest BCUT2D eigenvalue weighted by Gasteiger charge is 2.54. The molecule has 0 bridgehead atoms. The van der Waals surface area contributed by atoms with Gasteiger partial charge in [0.2, 0.25) is 0 Å². The summed E-state index contributed by atoms with van der Waals surface area (Å²) in [5, 5.41) is 6.33. The van der Waals surface area contributed by atoms with E-state index in [1.807, 2.05) is 36.4 Å². The fraction of sp³-hybridized carbons (Fsp3) is 0.586. The van der Waals surface area contributed by atoms with E-state index in [0.29, 0.717) is 72.3 Å². The van der Waals surface area contributed by atoms with E-state index < -0.39 is 68.5 Å². The molecule has 0 radical (unpaired) electrons. The van der Waals surface area contributed by atoms with Crippen molar-refractivity contribution in [3.05, 3.63) is 70.8 Å². The molecule has 0 aliphatic carbocycles. The van der Waals surface area contributed by atoms with Crippen LogP contribution in [0, 0.1) is 0 Å². The van der Waals surface area contributed by atoms with Crippen molar-refractivity contribution in [2.75, 3.05) is 46.7 Å². The van der Waals surface area contributed by atoms with Crippen molar-refractivity contribution in [2.24, 2.45) is 0 Å². The third-order valence-electron chi connectivity index (χ3n) is 16.0. The SMILES string of the molecule is COCCOCCOCCN1C(=O)c2ccc3c4ccc5c6c(ccc(c7ccc(c2c37)C1=O)c64)C(=O)N(C(CCCCCC[Si]1(C)O[Si](C)(C)O[Si](C)(C)O[Si](C)(C)O1)CCCCCC[Si]1(C)O[Si](C)(C)O[Si](C)(C)O[Si](C)(C)O1)C5=O. The summed E-state index contributed by atoms with van der Waals surface area (Å²) in [6.07, 6.45) is 8.74. The van der Waals surface area contributed by atoms with Gasteiger partial charge in [-0.3, -0.25) is 29.0 Å². The Labute approximate surface area is 499 Å². The highest BCUT2D eigenvalue weighted by Crippen LogP contribution is 2.47. The topological polar surface area (TPSA) is 176 Å². The van der Waals surface area contributed by atoms with Crippen molar-refractivity contribution in [3.63, 3.8) is 0 Å². The number of hydrogen-bond acceptors (Lipinski definition) is 15. The van der Waals surface area contributed by atoms with Crippen LogP contribution in [0.25, 0.3) is 43.1 Å². The fourth-order valence-corrected chi connectivity index (χ4v) is 57.4. The van der Waals surface area contributed by atoms with Crippen LogP contribution in [0.3, 0.4) is 0 Å². The van der Waals surface area contributed by atoms with Crippen LogP contribution in [0.1, 0.15) is 106 Å². The number of ether oxygens (including phenoxy) is 3. The van der Waals surface area contributed by atoms with Gasteiger partial charge in [-0.2, -0.15) is 0 Å². The Morgan fingerprint density at radius 3 is 1.05 bits per heavy atom. The molecule has 4 heterocycles. The predicted molar refractivity (Wildman–Crippen MR) is 343 cm³/mol. The van der Waals surface area contributed by atoms with E-state index in [2.05, 4.69) is 91.7 Å². The first-order valence-electron chi connectivity index (χ1n) is 30.1. The van der Waals surface area contributed by atoms with E-state index in [4.69, 9.17) is 47.1 Å². The van der Waals surface area contributed by atoms with Crippen LogP contribution in [0.4, 0.5) is 0 Å². The van der Waals surface area contributed by atoms with E-state index in [1.165, 1.54) is 4.90 Å². The third kappa shape index (κ3) is 14.6. The molecule has 5 aromatic carbocycles. The molecule has 2 saturated heterocycles. The Bertz CT molecular complexity index is 3010. The smallest absolute Gasteiger partial charge is 0.317 e. The second-order valence-electron chi connectivity index (χ2n) is 26.1. The van der Waals surface area contributed by atoms with Crippen LogP contribution in [-0.2, 0) is 47.1 Å². The molecule has 5 aromatic rings. The van der Waals surface area contributed by atoms with Crippen LogP contribution in [0.15, 0.2) is 48.5 Å². The lowest BCUT2D eigenvalue weighted by Gasteiger charge is -2.47. The molecule has 454 valence electrons. The molecule has 0 spiro atoms. The van der Waals surface area contributed by atoms with Crippen LogP contribution >= 0.6 is 0 Å². The summed E-state index contributed by atoms with van der Waals surface area (Å²) in [6, 6.07) is 16.6. The van der Waals surface area contributed by atoms with E-state index in [-0.39, 0.29) is 42.8 Å². The second kappa shape index (κ2) is 24.9. The van der Waals surface area contributed by atoms with Gasteiger partial charge < -0.3 is 47.1 Å². The zero-order valence-electron chi connectivity index (χ0n) is 51.9. The molecule has 0 unspecified atom stereocenters. The maximum Gasteiger partial charge on any atom is 0.317 e. The molecule has 2 fully saturated rings. The third-order valence-corrected chi connectivity index (χ3v) is 49.1. The van der Waals surface area contributed by atoms with E-state index >= 15 is 9.59 Å². The minimum atomic E-state index is -2.63. The van der Waals surface area contributed by atoms with Crippen molar-refractivity contribution >= 4 is 135 Å². The molecule has 4 aliphatic rings. The molecular formula is C58H90N2O15Si8. The first kappa shape index (κ1) is 64.4. The van der Waals surface area contributed by atoms with Gasteiger partial charge in [0.05, 0.1) is 39.6 Å². The van der Waals surface area contributed by atoms with Crippen molar-refractivity contribution in [1.29, 1.82) is 0 Å². The standard InChI is InChI=1S/C58H90N2O15Si8/c1-65-36-37-67-39-38-66-35-34-59-55(61)47-30-26-43-45-28-32-49-54-50(33-29-46(52(45)54)44-27-31-48(56(59)62)53(47)51(43)44)58(64)60(57(49)63)42(24-20-16-18-22-40-82(14)72-78(6,7)68-76(2,3)69-79(8,9)73-82)25-21-17-19-23-41-83(15)74-80(10,11)70-77(4,5)71-81(12,13)75-83/h26-33,42H,16-25,34-41H2,1-15H3. The number of rotatable bonds is 24. The Morgan fingerprint density at radius 2 is 0.687 bits per heavy atom. The number of carbonyl (C=O) groups excluding carboxylic acids is 4. The van der Waals surface area contributed by atoms with Crippen molar-refractivity contribution in [3.8, 4) is 0 Å². The Morgan fingerprint density at radius 1 is 0.373 bits per heavy atom. The number of benzene rings is 5. The van der Waals surface area contributed by atoms with Gasteiger partial charge in [0, 0.05) is 46.2 Å². The summed E-state index contributed by atoms with van der Waals surface area (Å²) < 4.78 is 70.2. The molecule has 0 N–H and O–H groups in total. The van der Waals surface area contributed by atoms with E-state index in [1.54, 1.807) is 24.1 Å². The lowest BCUT2D eigenvalue weighted by atomic mass is 9.82. The van der Waals surface area contributed by atoms with Gasteiger partial charge in [-0.05, 0) is 173 Å². The summed E-state index contributed by atoms with van der Waals surface area (Å²) in [4.78, 5) is 61.6. The minimum absolute atomic E-state index is 0.103. The van der Waals surface area contributed by atoms with Gasteiger partial charge in [0.15, 0.2) is 0 Å². The van der Waals surface area contributed by atoms with Crippen LogP contribution in [-0.4, -0.2) is 155 Å². The maximum atomic E-state index is 15.2.